The van der Waals surface area contributed by atoms with E-state index < -0.39 is 0 Å². The SMILES string of the molecule is Cc1nc(C)n(Cc2cc(CNC(C)(C)C)ccc2F)n1. The number of nitrogens with zero attached hydrogens (tertiary/aromatic N) is 3. The summed E-state index contributed by atoms with van der Waals surface area (Å²) in [5, 5.41) is 7.69. The van der Waals surface area contributed by atoms with Crippen molar-refractivity contribution in [2.45, 2.75) is 53.2 Å². The lowest BCUT2D eigenvalue weighted by Gasteiger charge is -2.20. The fourth-order valence-electron chi connectivity index (χ4n) is 2.10. The molecule has 1 N–H and O–H groups in total. The fourth-order valence-corrected chi connectivity index (χ4v) is 2.10. The molecule has 1 aromatic carbocycles. The number of aromatic nitrogens is 3. The number of hydrogen-bond acceptors (Lipinski definition) is 3. The Bertz CT molecular complexity index is 626. The van der Waals surface area contributed by atoms with Gasteiger partial charge < -0.3 is 5.32 Å². The average Bonchev–Trinajstić information content (AvgIpc) is 2.68. The monoisotopic (exact) mass is 290 g/mol. The van der Waals surface area contributed by atoms with Crippen LogP contribution in [0.15, 0.2) is 18.2 Å². The van der Waals surface area contributed by atoms with Crippen molar-refractivity contribution in [1.29, 1.82) is 0 Å². The van der Waals surface area contributed by atoms with Gasteiger partial charge in [0.05, 0.1) is 6.54 Å². The first-order chi connectivity index (χ1) is 9.74. The molecule has 1 heterocycles. The maximum Gasteiger partial charge on any atom is 0.147 e. The molecule has 0 radical (unpaired) electrons. The van der Waals surface area contributed by atoms with Crippen LogP contribution in [0.2, 0.25) is 0 Å². The van der Waals surface area contributed by atoms with Crippen LogP contribution in [0.5, 0.6) is 0 Å². The predicted molar refractivity (Wildman–Crippen MR) is 81.6 cm³/mol. The van der Waals surface area contributed by atoms with Crippen molar-refractivity contribution < 1.29 is 4.39 Å². The number of benzene rings is 1. The quantitative estimate of drug-likeness (QED) is 0.941. The number of hydrogen-bond donors (Lipinski definition) is 1. The third-order valence-electron chi connectivity index (χ3n) is 3.22. The first kappa shape index (κ1) is 15.6. The minimum absolute atomic E-state index is 0.0359. The molecule has 0 saturated carbocycles. The van der Waals surface area contributed by atoms with Gasteiger partial charge in [-0.1, -0.05) is 6.07 Å². The Labute approximate surface area is 125 Å². The molecule has 114 valence electrons. The molecule has 5 heteroatoms. The van der Waals surface area contributed by atoms with E-state index in [1.165, 1.54) is 6.07 Å². The third kappa shape index (κ3) is 4.36. The van der Waals surface area contributed by atoms with Crippen molar-refractivity contribution >= 4 is 0 Å². The van der Waals surface area contributed by atoms with Crippen LogP contribution in [0.25, 0.3) is 0 Å². The van der Waals surface area contributed by atoms with Gasteiger partial charge in [-0.15, -0.1) is 0 Å². The molecule has 0 fully saturated rings. The molecule has 0 bridgehead atoms. The normalized spacial score (nSPS) is 11.9. The highest BCUT2D eigenvalue weighted by atomic mass is 19.1. The molecule has 4 nitrogen and oxygen atoms in total. The van der Waals surface area contributed by atoms with Gasteiger partial charge >= 0.3 is 0 Å². The van der Waals surface area contributed by atoms with Crippen molar-refractivity contribution in [3.05, 3.63) is 46.8 Å². The number of nitrogens with one attached hydrogen (secondary N) is 1. The minimum Gasteiger partial charge on any atom is -0.308 e. The van der Waals surface area contributed by atoms with E-state index in [-0.39, 0.29) is 11.4 Å². The van der Waals surface area contributed by atoms with Gasteiger partial charge in [-0.2, -0.15) is 5.10 Å². The molecule has 2 aromatic rings. The second-order valence-corrected chi connectivity index (χ2v) is 6.39. The van der Waals surface area contributed by atoms with E-state index >= 15 is 0 Å². The second-order valence-electron chi connectivity index (χ2n) is 6.39. The molecule has 0 aliphatic carbocycles. The molecule has 2 rings (SSSR count). The first-order valence-corrected chi connectivity index (χ1v) is 7.15. The Morgan fingerprint density at radius 3 is 2.52 bits per heavy atom. The Balaban J connectivity index is 2.17. The molecular formula is C16H23FN4. The highest BCUT2D eigenvalue weighted by Crippen LogP contribution is 2.14. The topological polar surface area (TPSA) is 42.7 Å². The van der Waals surface area contributed by atoms with Gasteiger partial charge in [-0.3, -0.25) is 0 Å². The first-order valence-electron chi connectivity index (χ1n) is 7.15. The van der Waals surface area contributed by atoms with Gasteiger partial charge in [0.1, 0.15) is 17.5 Å². The summed E-state index contributed by atoms with van der Waals surface area (Å²) in [6.07, 6.45) is 0. The molecule has 1 aromatic heterocycles. The van der Waals surface area contributed by atoms with Crippen LogP contribution in [0, 0.1) is 19.7 Å². The zero-order chi connectivity index (χ0) is 15.6. The van der Waals surface area contributed by atoms with Gasteiger partial charge in [0.25, 0.3) is 0 Å². The largest absolute Gasteiger partial charge is 0.308 e. The van der Waals surface area contributed by atoms with E-state index in [4.69, 9.17) is 0 Å². The van der Waals surface area contributed by atoms with E-state index in [1.54, 1.807) is 4.68 Å². The van der Waals surface area contributed by atoms with Gasteiger partial charge in [-0.25, -0.2) is 14.1 Å². The van der Waals surface area contributed by atoms with Crippen molar-refractivity contribution in [3.8, 4) is 0 Å². The van der Waals surface area contributed by atoms with Crippen molar-refractivity contribution in [1.82, 2.24) is 20.1 Å². The van der Waals surface area contributed by atoms with E-state index in [0.717, 1.165) is 11.4 Å². The van der Waals surface area contributed by atoms with Crippen molar-refractivity contribution in [2.75, 3.05) is 0 Å². The summed E-state index contributed by atoms with van der Waals surface area (Å²) < 4.78 is 15.7. The van der Waals surface area contributed by atoms with Gasteiger partial charge in [0, 0.05) is 17.6 Å². The summed E-state index contributed by atoms with van der Waals surface area (Å²) in [4.78, 5) is 4.25. The van der Waals surface area contributed by atoms with Gasteiger partial charge in [-0.05, 0) is 52.3 Å². The fraction of sp³-hybridized carbons (Fsp3) is 0.500. The molecule has 21 heavy (non-hydrogen) atoms. The van der Waals surface area contributed by atoms with Crippen LogP contribution >= 0.6 is 0 Å². The average molecular weight is 290 g/mol. The lowest BCUT2D eigenvalue weighted by Crippen LogP contribution is -2.35. The molecule has 0 amide bonds. The number of aryl methyl sites for hydroxylation is 2. The van der Waals surface area contributed by atoms with Crippen LogP contribution < -0.4 is 5.32 Å². The second kappa shape index (κ2) is 5.93. The zero-order valence-electron chi connectivity index (χ0n) is 13.4. The smallest absolute Gasteiger partial charge is 0.147 e. The lowest BCUT2D eigenvalue weighted by atomic mass is 10.1. The van der Waals surface area contributed by atoms with E-state index in [1.807, 2.05) is 26.0 Å². The maximum atomic E-state index is 14.0. The summed E-state index contributed by atoms with van der Waals surface area (Å²) in [6.45, 7) is 11.2. The maximum absolute atomic E-state index is 14.0. The highest BCUT2D eigenvalue weighted by molar-refractivity contribution is 5.25. The van der Waals surface area contributed by atoms with Crippen LogP contribution in [-0.4, -0.2) is 20.3 Å². The Morgan fingerprint density at radius 1 is 1.24 bits per heavy atom. The van der Waals surface area contributed by atoms with Crippen LogP contribution in [0.3, 0.4) is 0 Å². The number of halogens is 1. The molecule has 0 atom stereocenters. The van der Waals surface area contributed by atoms with Crippen LogP contribution in [0.4, 0.5) is 4.39 Å². The van der Waals surface area contributed by atoms with Crippen LogP contribution in [-0.2, 0) is 13.1 Å². The zero-order valence-corrected chi connectivity index (χ0v) is 13.4. The Kier molecular flexibility index (Phi) is 4.42. The van der Waals surface area contributed by atoms with Crippen molar-refractivity contribution in [3.63, 3.8) is 0 Å². The molecule has 0 spiro atoms. The van der Waals surface area contributed by atoms with Crippen molar-refractivity contribution in [2.24, 2.45) is 0 Å². The van der Waals surface area contributed by atoms with E-state index in [2.05, 4.69) is 36.2 Å². The van der Waals surface area contributed by atoms with E-state index in [9.17, 15) is 4.39 Å². The molecule has 0 unspecified atom stereocenters. The summed E-state index contributed by atoms with van der Waals surface area (Å²) in [5.74, 6) is 1.30. The van der Waals surface area contributed by atoms with Gasteiger partial charge in [0.2, 0.25) is 0 Å². The Hall–Kier alpha value is -1.75. The summed E-state index contributed by atoms with van der Waals surface area (Å²) in [6, 6.07) is 5.23. The standard InChI is InChI=1S/C16H23FN4/c1-11-19-12(2)21(20-11)10-14-8-13(6-7-15(14)17)9-18-16(3,4)5/h6-8,18H,9-10H2,1-5H3. The number of rotatable bonds is 4. The van der Waals surface area contributed by atoms with E-state index in [0.29, 0.717) is 24.5 Å². The molecule has 0 saturated heterocycles. The predicted octanol–water partition coefficient (Wildman–Crippen LogP) is 2.97. The summed E-state index contributed by atoms with van der Waals surface area (Å²) in [5.41, 5.74) is 1.74. The highest BCUT2D eigenvalue weighted by Gasteiger charge is 2.11. The van der Waals surface area contributed by atoms with Crippen LogP contribution in [0.1, 0.15) is 43.5 Å². The Morgan fingerprint density at radius 2 is 1.95 bits per heavy atom. The lowest BCUT2D eigenvalue weighted by molar-refractivity contribution is 0.424. The minimum atomic E-state index is -0.206. The third-order valence-corrected chi connectivity index (χ3v) is 3.22. The summed E-state index contributed by atoms with van der Waals surface area (Å²) in [7, 11) is 0. The molecule has 0 aliphatic rings. The molecule has 0 aliphatic heterocycles. The van der Waals surface area contributed by atoms with Gasteiger partial charge in [0.15, 0.2) is 0 Å². The molecular weight excluding hydrogens is 267 g/mol. The summed E-state index contributed by atoms with van der Waals surface area (Å²) >= 11 is 0.